The molecule has 0 radical (unpaired) electrons. The van der Waals surface area contributed by atoms with Crippen LogP contribution in [-0.2, 0) is 0 Å². The van der Waals surface area contributed by atoms with E-state index in [0.29, 0.717) is 5.56 Å². The van der Waals surface area contributed by atoms with Gasteiger partial charge in [-0.25, -0.2) is 4.98 Å². The Morgan fingerprint density at radius 1 is 1.50 bits per heavy atom. The van der Waals surface area contributed by atoms with Gasteiger partial charge in [-0.15, -0.1) is 0 Å². The van der Waals surface area contributed by atoms with Gasteiger partial charge in [0.25, 0.3) is 0 Å². The minimum Gasteiger partial charge on any atom is -0.357 e. The number of anilines is 1. The van der Waals surface area contributed by atoms with E-state index in [-0.39, 0.29) is 5.41 Å². The molecule has 2 heterocycles. The smallest absolute Gasteiger partial charge is 0.128 e. The number of aromatic nitrogens is 1. The molecule has 1 aliphatic rings. The van der Waals surface area contributed by atoms with E-state index in [0.717, 1.165) is 43.9 Å². The standard InChI is InChI=1S/C14H20N4/c1-11-7-13(17-9-12(11)8-15)18-5-3-14(2,10-16)4-6-18/h7,9H,3-6,10,16H2,1-2H3. The predicted molar refractivity (Wildman–Crippen MR) is 72.3 cm³/mol. The highest BCUT2D eigenvalue weighted by Crippen LogP contribution is 2.31. The second-order valence-electron chi connectivity index (χ2n) is 5.47. The molecular weight excluding hydrogens is 224 g/mol. The van der Waals surface area contributed by atoms with Crippen LogP contribution >= 0.6 is 0 Å². The normalized spacial score (nSPS) is 18.4. The second-order valence-corrected chi connectivity index (χ2v) is 5.47. The largest absolute Gasteiger partial charge is 0.357 e. The van der Waals surface area contributed by atoms with Crippen molar-refractivity contribution < 1.29 is 0 Å². The van der Waals surface area contributed by atoms with Gasteiger partial charge in [0, 0.05) is 19.3 Å². The number of hydrogen-bond acceptors (Lipinski definition) is 4. The Morgan fingerprint density at radius 2 is 2.17 bits per heavy atom. The van der Waals surface area contributed by atoms with E-state index in [9.17, 15) is 0 Å². The van der Waals surface area contributed by atoms with Crippen molar-refractivity contribution in [3.05, 3.63) is 23.4 Å². The van der Waals surface area contributed by atoms with Crippen molar-refractivity contribution >= 4 is 5.82 Å². The van der Waals surface area contributed by atoms with Crippen molar-refractivity contribution in [2.45, 2.75) is 26.7 Å². The van der Waals surface area contributed by atoms with E-state index >= 15 is 0 Å². The molecule has 0 amide bonds. The van der Waals surface area contributed by atoms with Crippen LogP contribution < -0.4 is 10.6 Å². The molecule has 96 valence electrons. The zero-order valence-electron chi connectivity index (χ0n) is 11.1. The fourth-order valence-electron chi connectivity index (χ4n) is 2.31. The summed E-state index contributed by atoms with van der Waals surface area (Å²) in [5, 5.41) is 8.90. The van der Waals surface area contributed by atoms with Gasteiger partial charge in [-0.2, -0.15) is 5.26 Å². The highest BCUT2D eigenvalue weighted by atomic mass is 15.2. The molecule has 2 rings (SSSR count). The molecule has 0 aromatic carbocycles. The van der Waals surface area contributed by atoms with Crippen LogP contribution in [-0.4, -0.2) is 24.6 Å². The summed E-state index contributed by atoms with van der Waals surface area (Å²) in [6.07, 6.45) is 3.87. The van der Waals surface area contributed by atoms with Crippen LogP contribution in [0.25, 0.3) is 0 Å². The summed E-state index contributed by atoms with van der Waals surface area (Å²) in [6.45, 7) is 6.94. The van der Waals surface area contributed by atoms with Gasteiger partial charge in [0.05, 0.1) is 5.56 Å². The van der Waals surface area contributed by atoms with Gasteiger partial charge in [-0.1, -0.05) is 6.92 Å². The Labute approximate surface area is 108 Å². The van der Waals surface area contributed by atoms with E-state index in [4.69, 9.17) is 11.0 Å². The summed E-state index contributed by atoms with van der Waals surface area (Å²) in [6, 6.07) is 4.15. The summed E-state index contributed by atoms with van der Waals surface area (Å²) in [7, 11) is 0. The van der Waals surface area contributed by atoms with E-state index in [1.807, 2.05) is 13.0 Å². The van der Waals surface area contributed by atoms with Gasteiger partial charge in [0.15, 0.2) is 0 Å². The molecule has 0 atom stereocenters. The van der Waals surface area contributed by atoms with Crippen molar-refractivity contribution in [2.24, 2.45) is 11.1 Å². The van der Waals surface area contributed by atoms with Crippen LogP contribution in [0.3, 0.4) is 0 Å². The second kappa shape index (κ2) is 4.95. The third-order valence-electron chi connectivity index (χ3n) is 4.00. The predicted octanol–water partition coefficient (Wildman–Crippen LogP) is 1.83. The molecular formula is C14H20N4. The summed E-state index contributed by atoms with van der Waals surface area (Å²) < 4.78 is 0. The molecule has 0 saturated carbocycles. The lowest BCUT2D eigenvalue weighted by Crippen LogP contribution is -2.42. The Kier molecular flexibility index (Phi) is 3.53. The average molecular weight is 244 g/mol. The quantitative estimate of drug-likeness (QED) is 0.862. The van der Waals surface area contributed by atoms with Crippen LogP contribution in [0.4, 0.5) is 5.82 Å². The first kappa shape index (κ1) is 12.8. The van der Waals surface area contributed by atoms with Crippen molar-refractivity contribution in [3.63, 3.8) is 0 Å². The van der Waals surface area contributed by atoms with Gasteiger partial charge in [-0.05, 0) is 43.4 Å². The van der Waals surface area contributed by atoms with Gasteiger partial charge >= 0.3 is 0 Å². The van der Waals surface area contributed by atoms with E-state index < -0.39 is 0 Å². The molecule has 4 heteroatoms. The third kappa shape index (κ3) is 2.46. The molecule has 2 N–H and O–H groups in total. The monoisotopic (exact) mass is 244 g/mol. The number of hydrogen-bond donors (Lipinski definition) is 1. The maximum atomic E-state index is 8.90. The Balaban J connectivity index is 2.11. The van der Waals surface area contributed by atoms with Crippen molar-refractivity contribution in [2.75, 3.05) is 24.5 Å². The van der Waals surface area contributed by atoms with E-state index in [2.05, 4.69) is 22.9 Å². The molecule has 0 unspecified atom stereocenters. The molecule has 4 nitrogen and oxygen atoms in total. The number of piperidine rings is 1. The van der Waals surface area contributed by atoms with Gasteiger partial charge in [0.1, 0.15) is 11.9 Å². The summed E-state index contributed by atoms with van der Waals surface area (Å²) >= 11 is 0. The zero-order chi connectivity index (χ0) is 13.2. The number of pyridine rings is 1. The van der Waals surface area contributed by atoms with Crippen LogP contribution in [0.15, 0.2) is 12.3 Å². The lowest BCUT2D eigenvalue weighted by Gasteiger charge is -2.39. The Bertz CT molecular complexity index is 467. The first-order chi connectivity index (χ1) is 8.58. The Hall–Kier alpha value is -1.60. The van der Waals surface area contributed by atoms with E-state index in [1.54, 1.807) is 6.20 Å². The molecule has 0 bridgehead atoms. The molecule has 1 aromatic rings. The number of nitriles is 1. The number of nitrogens with zero attached hydrogens (tertiary/aromatic N) is 3. The minimum atomic E-state index is 0.276. The summed E-state index contributed by atoms with van der Waals surface area (Å²) in [5.41, 5.74) is 7.74. The molecule has 18 heavy (non-hydrogen) atoms. The van der Waals surface area contributed by atoms with Gasteiger partial charge in [0.2, 0.25) is 0 Å². The fourth-order valence-corrected chi connectivity index (χ4v) is 2.31. The highest BCUT2D eigenvalue weighted by molar-refractivity contribution is 5.47. The number of aryl methyl sites for hydroxylation is 1. The maximum absolute atomic E-state index is 8.90. The molecule has 0 aliphatic carbocycles. The minimum absolute atomic E-state index is 0.276. The average Bonchev–Trinajstić information content (AvgIpc) is 2.39. The Morgan fingerprint density at radius 3 is 2.67 bits per heavy atom. The number of rotatable bonds is 2. The number of nitrogens with two attached hydrogens (primary N) is 1. The maximum Gasteiger partial charge on any atom is 0.128 e. The van der Waals surface area contributed by atoms with Crippen molar-refractivity contribution in [1.82, 2.24) is 4.98 Å². The fraction of sp³-hybridized carbons (Fsp3) is 0.571. The molecule has 1 fully saturated rings. The van der Waals surface area contributed by atoms with Crippen molar-refractivity contribution in [1.29, 1.82) is 5.26 Å². The van der Waals surface area contributed by atoms with Gasteiger partial charge < -0.3 is 10.6 Å². The summed E-state index contributed by atoms with van der Waals surface area (Å²) in [4.78, 5) is 6.66. The third-order valence-corrected chi connectivity index (χ3v) is 4.00. The van der Waals surface area contributed by atoms with Crippen LogP contribution in [0.2, 0.25) is 0 Å². The molecule has 0 spiro atoms. The van der Waals surface area contributed by atoms with Crippen LogP contribution in [0.5, 0.6) is 0 Å². The topological polar surface area (TPSA) is 65.9 Å². The first-order valence-corrected chi connectivity index (χ1v) is 6.40. The lowest BCUT2D eigenvalue weighted by molar-refractivity contribution is 0.258. The molecule has 1 aliphatic heterocycles. The van der Waals surface area contributed by atoms with Crippen LogP contribution in [0, 0.1) is 23.7 Å². The van der Waals surface area contributed by atoms with E-state index in [1.165, 1.54) is 0 Å². The van der Waals surface area contributed by atoms with Crippen molar-refractivity contribution in [3.8, 4) is 6.07 Å². The van der Waals surface area contributed by atoms with Gasteiger partial charge in [-0.3, -0.25) is 0 Å². The molecule has 1 aromatic heterocycles. The lowest BCUT2D eigenvalue weighted by atomic mass is 9.80. The molecule has 1 saturated heterocycles. The van der Waals surface area contributed by atoms with Crippen LogP contribution in [0.1, 0.15) is 30.9 Å². The zero-order valence-corrected chi connectivity index (χ0v) is 11.1. The highest BCUT2D eigenvalue weighted by Gasteiger charge is 2.29. The first-order valence-electron chi connectivity index (χ1n) is 6.40. The summed E-state index contributed by atoms with van der Waals surface area (Å²) in [5.74, 6) is 0.977. The SMILES string of the molecule is Cc1cc(N2CCC(C)(CN)CC2)ncc1C#N.